The predicted octanol–water partition coefficient (Wildman–Crippen LogP) is 0.751. The van der Waals surface area contributed by atoms with Crippen LogP contribution < -0.4 is 5.73 Å². The van der Waals surface area contributed by atoms with Crippen LogP contribution in [0.25, 0.3) is 0 Å². The molecule has 0 aromatic carbocycles. The highest BCUT2D eigenvalue weighted by atomic mass is 15.1. The molecule has 2 aliphatic rings. The summed E-state index contributed by atoms with van der Waals surface area (Å²) in [6.45, 7) is 4.89. The fourth-order valence-electron chi connectivity index (χ4n) is 2.60. The van der Waals surface area contributed by atoms with Gasteiger partial charge in [-0.1, -0.05) is 0 Å². The number of nitrogens with zero attached hydrogens (tertiary/aromatic N) is 2. The largest absolute Gasteiger partial charge is 0.324 e. The summed E-state index contributed by atoms with van der Waals surface area (Å²) in [6.07, 6.45) is 5.18. The zero-order valence-electron chi connectivity index (χ0n) is 10.2. The van der Waals surface area contributed by atoms with E-state index in [0.29, 0.717) is 0 Å². The molecule has 0 aromatic rings. The van der Waals surface area contributed by atoms with Gasteiger partial charge in [-0.15, -0.1) is 0 Å². The number of hydrogen-bond donors (Lipinski definition) is 1. The molecule has 3 heteroatoms. The molecule has 1 saturated carbocycles. The van der Waals surface area contributed by atoms with Crippen LogP contribution in [0.3, 0.4) is 0 Å². The van der Waals surface area contributed by atoms with Crippen molar-refractivity contribution in [2.24, 2.45) is 11.7 Å². The molecule has 1 aliphatic carbocycles. The molecule has 0 radical (unpaired) electrons. The molecule has 1 aliphatic heterocycles. The monoisotopic (exact) mass is 211 g/mol. The lowest BCUT2D eigenvalue weighted by Crippen LogP contribution is -2.38. The lowest BCUT2D eigenvalue weighted by atomic mass is 10.0. The Bertz CT molecular complexity index is 213. The Kier molecular flexibility index (Phi) is 3.33. The molecule has 2 N–H and O–H groups in total. The van der Waals surface area contributed by atoms with Crippen LogP contribution in [0.4, 0.5) is 0 Å². The van der Waals surface area contributed by atoms with Crippen molar-refractivity contribution in [2.45, 2.75) is 31.2 Å². The van der Waals surface area contributed by atoms with E-state index in [2.05, 4.69) is 23.9 Å². The first-order valence-electron chi connectivity index (χ1n) is 6.23. The lowest BCUT2D eigenvalue weighted by molar-refractivity contribution is 0.275. The van der Waals surface area contributed by atoms with Gasteiger partial charge in [-0.25, -0.2) is 0 Å². The fraction of sp³-hybridized carbons (Fsp3) is 1.00. The first kappa shape index (κ1) is 11.4. The van der Waals surface area contributed by atoms with E-state index in [1.54, 1.807) is 0 Å². The summed E-state index contributed by atoms with van der Waals surface area (Å²) in [5.41, 5.74) is 6.29. The Morgan fingerprint density at radius 1 is 1.47 bits per heavy atom. The number of likely N-dealkylation sites (N-methyl/N-ethyl adjacent to an activating group) is 1. The quantitative estimate of drug-likeness (QED) is 0.728. The van der Waals surface area contributed by atoms with E-state index in [-0.39, 0.29) is 5.54 Å². The second-order valence-electron chi connectivity index (χ2n) is 5.81. The van der Waals surface area contributed by atoms with Crippen molar-refractivity contribution in [3.63, 3.8) is 0 Å². The zero-order valence-corrected chi connectivity index (χ0v) is 10.2. The molecule has 0 spiro atoms. The first-order chi connectivity index (χ1) is 7.07. The Labute approximate surface area is 93.6 Å². The Hall–Kier alpha value is -0.120. The van der Waals surface area contributed by atoms with Crippen molar-refractivity contribution in [3.8, 4) is 0 Å². The minimum atomic E-state index is 0.182. The highest BCUT2D eigenvalue weighted by Gasteiger charge is 2.38. The first-order valence-corrected chi connectivity index (χ1v) is 6.23. The second kappa shape index (κ2) is 4.40. The SMILES string of the molecule is CN1CCC(CCN(C)CC2(N)CC2)C1. The third-order valence-electron chi connectivity index (χ3n) is 3.89. The Morgan fingerprint density at radius 3 is 2.73 bits per heavy atom. The van der Waals surface area contributed by atoms with Crippen molar-refractivity contribution in [1.82, 2.24) is 9.80 Å². The molecule has 0 amide bonds. The number of rotatable bonds is 5. The highest BCUT2D eigenvalue weighted by Crippen LogP contribution is 2.32. The summed E-state index contributed by atoms with van der Waals surface area (Å²) in [5, 5.41) is 0. The van der Waals surface area contributed by atoms with Gasteiger partial charge in [-0.05, 0) is 58.8 Å². The molecule has 0 aromatic heterocycles. The van der Waals surface area contributed by atoms with E-state index in [4.69, 9.17) is 5.73 Å². The summed E-state index contributed by atoms with van der Waals surface area (Å²) in [6, 6.07) is 0. The zero-order chi connectivity index (χ0) is 10.9. The van der Waals surface area contributed by atoms with Gasteiger partial charge >= 0.3 is 0 Å². The maximum absolute atomic E-state index is 6.10. The number of hydrogen-bond acceptors (Lipinski definition) is 3. The van der Waals surface area contributed by atoms with Gasteiger partial charge in [0.05, 0.1) is 0 Å². The molecule has 2 rings (SSSR count). The molecule has 1 heterocycles. The minimum Gasteiger partial charge on any atom is -0.324 e. The molecule has 1 unspecified atom stereocenters. The summed E-state index contributed by atoms with van der Waals surface area (Å²) < 4.78 is 0. The topological polar surface area (TPSA) is 32.5 Å². The maximum atomic E-state index is 6.10. The molecular formula is C12H25N3. The van der Waals surface area contributed by atoms with Gasteiger partial charge < -0.3 is 15.5 Å². The average molecular weight is 211 g/mol. The van der Waals surface area contributed by atoms with E-state index < -0.39 is 0 Å². The van der Waals surface area contributed by atoms with Crippen molar-refractivity contribution in [1.29, 1.82) is 0 Å². The number of likely N-dealkylation sites (tertiary alicyclic amines) is 1. The van der Waals surface area contributed by atoms with Crippen molar-refractivity contribution < 1.29 is 0 Å². The molecule has 15 heavy (non-hydrogen) atoms. The third kappa shape index (κ3) is 3.44. The molecule has 3 nitrogen and oxygen atoms in total. The summed E-state index contributed by atoms with van der Waals surface area (Å²) >= 11 is 0. The highest BCUT2D eigenvalue weighted by molar-refractivity contribution is 5.00. The smallest absolute Gasteiger partial charge is 0.0284 e. The van der Waals surface area contributed by atoms with Crippen LogP contribution >= 0.6 is 0 Å². The Morgan fingerprint density at radius 2 is 2.20 bits per heavy atom. The van der Waals surface area contributed by atoms with Gasteiger partial charge in [0.2, 0.25) is 0 Å². The standard InChI is InChI=1S/C12H25N3/c1-14-7-3-11(9-14)4-8-15(2)10-12(13)5-6-12/h11H,3-10,13H2,1-2H3. The van der Waals surface area contributed by atoms with E-state index in [9.17, 15) is 0 Å². The summed E-state index contributed by atoms with van der Waals surface area (Å²) in [4.78, 5) is 4.86. The third-order valence-corrected chi connectivity index (χ3v) is 3.89. The van der Waals surface area contributed by atoms with E-state index in [0.717, 1.165) is 12.5 Å². The van der Waals surface area contributed by atoms with Crippen molar-refractivity contribution in [3.05, 3.63) is 0 Å². The fourth-order valence-corrected chi connectivity index (χ4v) is 2.60. The molecule has 0 bridgehead atoms. The minimum absolute atomic E-state index is 0.182. The Balaban J connectivity index is 1.60. The molecule has 1 atom stereocenters. The van der Waals surface area contributed by atoms with Crippen LogP contribution in [0, 0.1) is 5.92 Å². The normalized spacial score (nSPS) is 30.0. The van der Waals surface area contributed by atoms with Crippen molar-refractivity contribution in [2.75, 3.05) is 40.3 Å². The van der Waals surface area contributed by atoms with Gasteiger partial charge in [0.25, 0.3) is 0 Å². The van der Waals surface area contributed by atoms with Crippen LogP contribution in [0.2, 0.25) is 0 Å². The van der Waals surface area contributed by atoms with Crippen molar-refractivity contribution >= 4 is 0 Å². The number of nitrogens with two attached hydrogens (primary N) is 1. The van der Waals surface area contributed by atoms with Crippen LogP contribution in [-0.2, 0) is 0 Å². The predicted molar refractivity (Wildman–Crippen MR) is 63.9 cm³/mol. The maximum Gasteiger partial charge on any atom is 0.0284 e. The molecule has 2 fully saturated rings. The van der Waals surface area contributed by atoms with Gasteiger partial charge in [0.1, 0.15) is 0 Å². The summed E-state index contributed by atoms with van der Waals surface area (Å²) in [5.74, 6) is 0.922. The van der Waals surface area contributed by atoms with E-state index in [1.807, 2.05) is 0 Å². The average Bonchev–Trinajstić information content (AvgIpc) is 2.74. The van der Waals surface area contributed by atoms with Gasteiger partial charge in [0, 0.05) is 18.6 Å². The molecule has 88 valence electrons. The van der Waals surface area contributed by atoms with Crippen LogP contribution in [0.5, 0.6) is 0 Å². The van der Waals surface area contributed by atoms with E-state index >= 15 is 0 Å². The van der Waals surface area contributed by atoms with Gasteiger partial charge in [-0.3, -0.25) is 0 Å². The molecule has 1 saturated heterocycles. The van der Waals surface area contributed by atoms with Crippen LogP contribution in [0.1, 0.15) is 25.7 Å². The lowest BCUT2D eigenvalue weighted by Gasteiger charge is -2.22. The second-order valence-corrected chi connectivity index (χ2v) is 5.81. The molecular weight excluding hydrogens is 186 g/mol. The van der Waals surface area contributed by atoms with Gasteiger partial charge in [-0.2, -0.15) is 0 Å². The van der Waals surface area contributed by atoms with Crippen LogP contribution in [0.15, 0.2) is 0 Å². The van der Waals surface area contributed by atoms with E-state index in [1.165, 1.54) is 45.3 Å². The van der Waals surface area contributed by atoms with Gasteiger partial charge in [0.15, 0.2) is 0 Å². The summed E-state index contributed by atoms with van der Waals surface area (Å²) in [7, 11) is 4.44. The van der Waals surface area contributed by atoms with Crippen LogP contribution in [-0.4, -0.2) is 55.6 Å².